The van der Waals surface area contributed by atoms with Crippen LogP contribution < -0.4 is 5.73 Å². The molecule has 0 spiro atoms. The van der Waals surface area contributed by atoms with Crippen molar-refractivity contribution < 1.29 is 0 Å². The highest BCUT2D eigenvalue weighted by Crippen LogP contribution is 2.49. The van der Waals surface area contributed by atoms with Gasteiger partial charge in [0.1, 0.15) is 0 Å². The number of benzene rings is 1. The zero-order valence-electron chi connectivity index (χ0n) is 11.8. The molecule has 2 aliphatic carbocycles. The lowest BCUT2D eigenvalue weighted by Crippen LogP contribution is -2.35. The molecule has 1 aromatic heterocycles. The van der Waals surface area contributed by atoms with Crippen molar-refractivity contribution in [2.45, 2.75) is 38.1 Å². The molecule has 104 valence electrons. The Kier molecular flexibility index (Phi) is 2.99. The molecule has 2 fully saturated rings. The topological polar surface area (TPSA) is 38.9 Å². The predicted octanol–water partition coefficient (Wildman–Crippen LogP) is 3.54. The molecule has 2 aliphatic rings. The zero-order valence-corrected chi connectivity index (χ0v) is 11.8. The van der Waals surface area contributed by atoms with Gasteiger partial charge in [-0.05, 0) is 49.1 Å². The lowest BCUT2D eigenvalue weighted by Gasteiger charge is -2.27. The summed E-state index contributed by atoms with van der Waals surface area (Å²) in [6, 6.07) is 12.9. The average molecular weight is 266 g/mol. The van der Waals surface area contributed by atoms with Gasteiger partial charge in [0.25, 0.3) is 0 Å². The van der Waals surface area contributed by atoms with E-state index in [-0.39, 0.29) is 0 Å². The van der Waals surface area contributed by atoms with Crippen LogP contribution in [-0.2, 0) is 6.42 Å². The number of nitrogens with zero attached hydrogens (tertiary/aromatic N) is 1. The fourth-order valence-electron chi connectivity index (χ4n) is 4.43. The maximum Gasteiger partial charge on any atom is 0.0705 e. The van der Waals surface area contributed by atoms with Crippen LogP contribution in [0.2, 0.25) is 0 Å². The lowest BCUT2D eigenvalue weighted by atomic mass is 9.82. The third kappa shape index (κ3) is 2.12. The molecule has 2 heteroatoms. The first-order valence-electron chi connectivity index (χ1n) is 7.90. The van der Waals surface area contributed by atoms with Gasteiger partial charge < -0.3 is 5.73 Å². The molecule has 1 heterocycles. The van der Waals surface area contributed by atoms with Crippen LogP contribution in [0.4, 0.5) is 0 Å². The molecule has 0 amide bonds. The second-order valence-corrected chi connectivity index (χ2v) is 6.70. The summed E-state index contributed by atoms with van der Waals surface area (Å²) in [6.45, 7) is 0. The van der Waals surface area contributed by atoms with Crippen LogP contribution in [0.15, 0.2) is 36.4 Å². The molecular weight excluding hydrogens is 244 g/mol. The van der Waals surface area contributed by atoms with Crippen LogP contribution in [0.1, 0.15) is 31.4 Å². The van der Waals surface area contributed by atoms with Gasteiger partial charge >= 0.3 is 0 Å². The molecule has 4 atom stereocenters. The van der Waals surface area contributed by atoms with Gasteiger partial charge in [0.05, 0.1) is 5.52 Å². The number of para-hydroxylation sites is 1. The van der Waals surface area contributed by atoms with E-state index >= 15 is 0 Å². The third-order valence-electron chi connectivity index (χ3n) is 5.44. The highest BCUT2D eigenvalue weighted by atomic mass is 14.7. The molecule has 2 saturated carbocycles. The standard InChI is InChI=1S/C18H22N2/c19-17(16-10-12-5-6-14(16)9-12)11-15-8-7-13-3-1-2-4-18(13)20-15/h1-4,7-8,12,14,16-17H,5-6,9-11,19H2. The fourth-order valence-corrected chi connectivity index (χ4v) is 4.43. The minimum atomic E-state index is 0.291. The number of hydrogen-bond acceptors (Lipinski definition) is 2. The van der Waals surface area contributed by atoms with Gasteiger partial charge in [0.2, 0.25) is 0 Å². The first kappa shape index (κ1) is 12.3. The summed E-state index contributed by atoms with van der Waals surface area (Å²) in [6.07, 6.45) is 6.58. The minimum Gasteiger partial charge on any atom is -0.327 e. The van der Waals surface area contributed by atoms with Crippen LogP contribution >= 0.6 is 0 Å². The van der Waals surface area contributed by atoms with E-state index in [1.54, 1.807) is 0 Å². The minimum absolute atomic E-state index is 0.291. The van der Waals surface area contributed by atoms with Gasteiger partial charge in [-0.25, -0.2) is 0 Å². The van der Waals surface area contributed by atoms with Gasteiger partial charge in [-0.15, -0.1) is 0 Å². The molecular formula is C18H22N2. The number of fused-ring (bicyclic) bond motifs is 3. The number of nitrogens with two attached hydrogens (primary N) is 1. The van der Waals surface area contributed by atoms with E-state index in [4.69, 9.17) is 10.7 Å². The lowest BCUT2D eigenvalue weighted by molar-refractivity contribution is 0.279. The van der Waals surface area contributed by atoms with Gasteiger partial charge in [-0.3, -0.25) is 4.98 Å². The van der Waals surface area contributed by atoms with Crippen LogP contribution in [0.3, 0.4) is 0 Å². The molecule has 2 bridgehead atoms. The summed E-state index contributed by atoms with van der Waals surface area (Å²) in [7, 11) is 0. The first-order valence-corrected chi connectivity index (χ1v) is 7.90. The maximum atomic E-state index is 6.50. The van der Waals surface area contributed by atoms with Gasteiger partial charge in [-0.2, -0.15) is 0 Å². The summed E-state index contributed by atoms with van der Waals surface area (Å²) >= 11 is 0. The van der Waals surface area contributed by atoms with Gasteiger partial charge in [-0.1, -0.05) is 30.7 Å². The summed E-state index contributed by atoms with van der Waals surface area (Å²) in [5.74, 6) is 2.61. The monoisotopic (exact) mass is 266 g/mol. The number of rotatable bonds is 3. The van der Waals surface area contributed by atoms with E-state index in [2.05, 4.69) is 36.4 Å². The normalized spacial score (nSPS) is 29.9. The van der Waals surface area contributed by atoms with E-state index in [0.29, 0.717) is 6.04 Å². The molecule has 1 aromatic carbocycles. The van der Waals surface area contributed by atoms with Crippen molar-refractivity contribution in [2.75, 3.05) is 0 Å². The third-order valence-corrected chi connectivity index (χ3v) is 5.44. The second-order valence-electron chi connectivity index (χ2n) is 6.70. The molecule has 0 saturated heterocycles. The fraction of sp³-hybridized carbons (Fsp3) is 0.500. The van der Waals surface area contributed by atoms with Crippen LogP contribution in [-0.4, -0.2) is 11.0 Å². The predicted molar refractivity (Wildman–Crippen MR) is 82.4 cm³/mol. The van der Waals surface area contributed by atoms with Gasteiger partial charge in [0, 0.05) is 23.5 Å². The Bertz CT molecular complexity index is 622. The summed E-state index contributed by atoms with van der Waals surface area (Å²) in [4.78, 5) is 4.77. The smallest absolute Gasteiger partial charge is 0.0705 e. The number of pyridine rings is 1. The van der Waals surface area contributed by atoms with Crippen molar-refractivity contribution in [3.8, 4) is 0 Å². The Morgan fingerprint density at radius 2 is 2.00 bits per heavy atom. The Morgan fingerprint density at radius 1 is 1.10 bits per heavy atom. The molecule has 4 unspecified atom stereocenters. The Balaban J connectivity index is 1.52. The molecule has 2 nitrogen and oxygen atoms in total. The molecule has 4 rings (SSSR count). The second kappa shape index (κ2) is 4.85. The summed E-state index contributed by atoms with van der Waals surface area (Å²) < 4.78 is 0. The molecule has 2 N–H and O–H groups in total. The van der Waals surface area contributed by atoms with Gasteiger partial charge in [0.15, 0.2) is 0 Å². The highest BCUT2D eigenvalue weighted by molar-refractivity contribution is 5.78. The molecule has 0 aliphatic heterocycles. The van der Waals surface area contributed by atoms with Crippen molar-refractivity contribution >= 4 is 10.9 Å². The van der Waals surface area contributed by atoms with Crippen molar-refractivity contribution in [1.82, 2.24) is 4.98 Å². The van der Waals surface area contributed by atoms with Crippen LogP contribution in [0.5, 0.6) is 0 Å². The zero-order chi connectivity index (χ0) is 13.5. The van der Waals surface area contributed by atoms with E-state index < -0.39 is 0 Å². The average Bonchev–Trinajstić information content (AvgIpc) is 3.10. The first-order chi connectivity index (χ1) is 9.79. The Labute approximate surface area is 120 Å². The SMILES string of the molecule is NC(Cc1ccc2ccccc2n1)C1CC2CCC1C2. The molecule has 0 radical (unpaired) electrons. The van der Waals surface area contributed by atoms with Crippen LogP contribution in [0.25, 0.3) is 10.9 Å². The van der Waals surface area contributed by atoms with Crippen molar-refractivity contribution in [3.63, 3.8) is 0 Å². The van der Waals surface area contributed by atoms with Crippen molar-refractivity contribution in [1.29, 1.82) is 0 Å². The number of hydrogen-bond donors (Lipinski definition) is 1. The van der Waals surface area contributed by atoms with E-state index in [1.165, 1.54) is 31.1 Å². The molecule has 2 aromatic rings. The Hall–Kier alpha value is -1.41. The largest absolute Gasteiger partial charge is 0.327 e. The summed E-state index contributed by atoms with van der Waals surface area (Å²) in [5.41, 5.74) is 8.74. The van der Waals surface area contributed by atoms with Crippen LogP contribution in [0, 0.1) is 17.8 Å². The van der Waals surface area contributed by atoms with E-state index in [9.17, 15) is 0 Å². The highest BCUT2D eigenvalue weighted by Gasteiger charge is 2.41. The van der Waals surface area contributed by atoms with Crippen molar-refractivity contribution in [3.05, 3.63) is 42.1 Å². The Morgan fingerprint density at radius 3 is 2.80 bits per heavy atom. The van der Waals surface area contributed by atoms with E-state index in [0.717, 1.165) is 35.4 Å². The summed E-state index contributed by atoms with van der Waals surface area (Å²) in [5, 5.41) is 1.21. The van der Waals surface area contributed by atoms with E-state index in [1.807, 2.05) is 0 Å². The maximum absolute atomic E-state index is 6.50. The quantitative estimate of drug-likeness (QED) is 0.923. The number of aromatic nitrogens is 1. The molecule has 20 heavy (non-hydrogen) atoms. The van der Waals surface area contributed by atoms with Crippen molar-refractivity contribution in [2.24, 2.45) is 23.5 Å².